The first-order chi connectivity index (χ1) is 9.35. The van der Waals surface area contributed by atoms with Gasteiger partial charge in [0.2, 0.25) is 0 Å². The Labute approximate surface area is 115 Å². The second-order valence-corrected chi connectivity index (χ2v) is 5.73. The Kier molecular flexibility index (Phi) is 4.04. The van der Waals surface area contributed by atoms with E-state index in [1.807, 2.05) is 6.92 Å². The van der Waals surface area contributed by atoms with Gasteiger partial charge in [-0.15, -0.1) is 0 Å². The highest BCUT2D eigenvalue weighted by atomic mass is 16.5. The standard InChI is InChI=1S/C16H24N2O/c1-2-19-15-7-5-13(6-8-15)10-18-11-14-4-3-9-17-16(14)12-18/h5-8,14,16-17H,2-4,9-12H2,1H3/t14-,16+/m0/s1. The van der Waals surface area contributed by atoms with E-state index in [1.165, 1.54) is 38.0 Å². The van der Waals surface area contributed by atoms with Gasteiger partial charge >= 0.3 is 0 Å². The van der Waals surface area contributed by atoms with Gasteiger partial charge in [-0.05, 0) is 49.9 Å². The molecule has 0 aromatic heterocycles. The van der Waals surface area contributed by atoms with Crippen LogP contribution in [0.3, 0.4) is 0 Å². The lowest BCUT2D eigenvalue weighted by Gasteiger charge is -2.24. The first kappa shape index (κ1) is 12.9. The Morgan fingerprint density at radius 2 is 2.11 bits per heavy atom. The Morgan fingerprint density at radius 1 is 1.26 bits per heavy atom. The fraction of sp³-hybridized carbons (Fsp3) is 0.625. The summed E-state index contributed by atoms with van der Waals surface area (Å²) in [6.45, 7) is 7.50. The van der Waals surface area contributed by atoms with Crippen LogP contribution in [0.5, 0.6) is 5.75 Å². The van der Waals surface area contributed by atoms with Crippen molar-refractivity contribution in [1.82, 2.24) is 10.2 Å². The monoisotopic (exact) mass is 260 g/mol. The number of ether oxygens (including phenoxy) is 1. The molecule has 0 aliphatic carbocycles. The first-order valence-corrected chi connectivity index (χ1v) is 7.52. The smallest absolute Gasteiger partial charge is 0.119 e. The number of nitrogens with one attached hydrogen (secondary N) is 1. The topological polar surface area (TPSA) is 24.5 Å². The Morgan fingerprint density at radius 3 is 2.84 bits per heavy atom. The molecule has 2 saturated heterocycles. The third-order valence-electron chi connectivity index (χ3n) is 4.32. The van der Waals surface area contributed by atoms with Crippen molar-refractivity contribution in [3.05, 3.63) is 29.8 Å². The molecule has 2 atom stereocenters. The van der Waals surface area contributed by atoms with Gasteiger partial charge in [0.05, 0.1) is 6.61 Å². The summed E-state index contributed by atoms with van der Waals surface area (Å²) in [5.74, 6) is 1.85. The van der Waals surface area contributed by atoms with E-state index in [4.69, 9.17) is 4.74 Å². The maximum absolute atomic E-state index is 5.48. The maximum atomic E-state index is 5.48. The number of hydrogen-bond acceptors (Lipinski definition) is 3. The van der Waals surface area contributed by atoms with Crippen LogP contribution in [0, 0.1) is 5.92 Å². The number of hydrogen-bond donors (Lipinski definition) is 1. The molecule has 0 bridgehead atoms. The molecule has 104 valence electrons. The predicted molar refractivity (Wildman–Crippen MR) is 77.4 cm³/mol. The van der Waals surface area contributed by atoms with Gasteiger partial charge in [0.15, 0.2) is 0 Å². The van der Waals surface area contributed by atoms with Crippen LogP contribution in [-0.4, -0.2) is 37.2 Å². The number of nitrogens with zero attached hydrogens (tertiary/aromatic N) is 1. The summed E-state index contributed by atoms with van der Waals surface area (Å²) in [5, 5.41) is 3.66. The maximum Gasteiger partial charge on any atom is 0.119 e. The van der Waals surface area contributed by atoms with Crippen LogP contribution in [-0.2, 0) is 6.54 Å². The largest absolute Gasteiger partial charge is 0.494 e. The number of rotatable bonds is 4. The molecule has 1 aromatic carbocycles. The van der Waals surface area contributed by atoms with Crippen molar-refractivity contribution in [2.75, 3.05) is 26.2 Å². The average molecular weight is 260 g/mol. The quantitative estimate of drug-likeness (QED) is 0.899. The molecule has 0 spiro atoms. The molecule has 0 amide bonds. The minimum atomic E-state index is 0.733. The molecule has 2 aliphatic rings. The Hall–Kier alpha value is -1.06. The lowest BCUT2D eigenvalue weighted by molar-refractivity contribution is 0.312. The normalized spacial score (nSPS) is 27.2. The molecule has 0 unspecified atom stereocenters. The minimum absolute atomic E-state index is 0.733. The van der Waals surface area contributed by atoms with Crippen molar-refractivity contribution in [1.29, 1.82) is 0 Å². The second-order valence-electron chi connectivity index (χ2n) is 5.73. The van der Waals surface area contributed by atoms with E-state index < -0.39 is 0 Å². The third-order valence-corrected chi connectivity index (χ3v) is 4.32. The molecule has 1 aromatic rings. The zero-order valence-corrected chi connectivity index (χ0v) is 11.8. The molecular weight excluding hydrogens is 236 g/mol. The summed E-state index contributed by atoms with van der Waals surface area (Å²) in [6.07, 6.45) is 2.75. The van der Waals surface area contributed by atoms with Gasteiger partial charge in [-0.3, -0.25) is 4.90 Å². The van der Waals surface area contributed by atoms with Gasteiger partial charge in [-0.1, -0.05) is 12.1 Å². The molecule has 19 heavy (non-hydrogen) atoms. The van der Waals surface area contributed by atoms with Crippen LogP contribution in [0.1, 0.15) is 25.3 Å². The molecule has 3 nitrogen and oxygen atoms in total. The van der Waals surface area contributed by atoms with E-state index in [0.717, 1.165) is 30.9 Å². The summed E-state index contributed by atoms with van der Waals surface area (Å²) in [7, 11) is 0. The van der Waals surface area contributed by atoms with E-state index >= 15 is 0 Å². The van der Waals surface area contributed by atoms with Gasteiger partial charge in [0, 0.05) is 25.7 Å². The van der Waals surface area contributed by atoms with Gasteiger partial charge in [-0.25, -0.2) is 0 Å². The molecule has 0 saturated carbocycles. The summed E-state index contributed by atoms with van der Waals surface area (Å²) < 4.78 is 5.48. The predicted octanol–water partition coefficient (Wildman–Crippen LogP) is 2.27. The Balaban J connectivity index is 1.56. The molecule has 3 heteroatoms. The fourth-order valence-corrected chi connectivity index (χ4v) is 3.38. The molecular formula is C16H24N2O. The molecule has 2 fully saturated rings. The van der Waals surface area contributed by atoms with Crippen LogP contribution in [0.2, 0.25) is 0 Å². The molecule has 2 heterocycles. The van der Waals surface area contributed by atoms with Crippen molar-refractivity contribution in [3.63, 3.8) is 0 Å². The van der Waals surface area contributed by atoms with Crippen molar-refractivity contribution in [2.24, 2.45) is 5.92 Å². The van der Waals surface area contributed by atoms with Crippen LogP contribution >= 0.6 is 0 Å². The van der Waals surface area contributed by atoms with Gasteiger partial charge < -0.3 is 10.1 Å². The summed E-state index contributed by atoms with van der Waals surface area (Å²) in [5.41, 5.74) is 1.39. The zero-order valence-electron chi connectivity index (χ0n) is 11.8. The van der Waals surface area contributed by atoms with Gasteiger partial charge in [0.25, 0.3) is 0 Å². The first-order valence-electron chi connectivity index (χ1n) is 7.52. The fourth-order valence-electron chi connectivity index (χ4n) is 3.38. The SMILES string of the molecule is CCOc1ccc(CN2C[C@@H]3CCCN[C@@H]3C2)cc1. The zero-order chi connectivity index (χ0) is 13.1. The number of benzene rings is 1. The highest BCUT2D eigenvalue weighted by molar-refractivity contribution is 5.27. The van der Waals surface area contributed by atoms with Crippen molar-refractivity contribution >= 4 is 0 Å². The second kappa shape index (κ2) is 5.93. The van der Waals surface area contributed by atoms with Crippen molar-refractivity contribution < 1.29 is 4.74 Å². The lowest BCUT2D eigenvalue weighted by atomic mass is 9.94. The van der Waals surface area contributed by atoms with Crippen molar-refractivity contribution in [3.8, 4) is 5.75 Å². The number of fused-ring (bicyclic) bond motifs is 1. The van der Waals surface area contributed by atoms with Crippen LogP contribution < -0.4 is 10.1 Å². The van der Waals surface area contributed by atoms with Crippen molar-refractivity contribution in [2.45, 2.75) is 32.4 Å². The summed E-state index contributed by atoms with van der Waals surface area (Å²) in [4.78, 5) is 2.59. The minimum Gasteiger partial charge on any atom is -0.494 e. The average Bonchev–Trinajstić information content (AvgIpc) is 2.83. The van der Waals surface area contributed by atoms with Crippen LogP contribution in [0.15, 0.2) is 24.3 Å². The number of likely N-dealkylation sites (tertiary alicyclic amines) is 1. The summed E-state index contributed by atoms with van der Waals surface area (Å²) in [6, 6.07) is 9.29. The highest BCUT2D eigenvalue weighted by Crippen LogP contribution is 2.26. The Bertz CT molecular complexity index is 390. The van der Waals surface area contributed by atoms with E-state index in [1.54, 1.807) is 0 Å². The summed E-state index contributed by atoms with van der Waals surface area (Å²) >= 11 is 0. The van der Waals surface area contributed by atoms with Gasteiger partial charge in [0.1, 0.15) is 5.75 Å². The molecule has 2 aliphatic heterocycles. The third kappa shape index (κ3) is 3.10. The van der Waals surface area contributed by atoms with Crippen LogP contribution in [0.25, 0.3) is 0 Å². The van der Waals surface area contributed by atoms with E-state index in [2.05, 4.69) is 34.5 Å². The van der Waals surface area contributed by atoms with E-state index in [9.17, 15) is 0 Å². The van der Waals surface area contributed by atoms with E-state index in [0.29, 0.717) is 0 Å². The highest BCUT2D eigenvalue weighted by Gasteiger charge is 2.33. The molecule has 3 rings (SSSR count). The molecule has 0 radical (unpaired) electrons. The molecule has 1 N–H and O–H groups in total. The van der Waals surface area contributed by atoms with E-state index in [-0.39, 0.29) is 0 Å². The van der Waals surface area contributed by atoms with Gasteiger partial charge in [-0.2, -0.15) is 0 Å². The lowest BCUT2D eigenvalue weighted by Crippen LogP contribution is -2.40. The number of piperidine rings is 1. The van der Waals surface area contributed by atoms with Crippen LogP contribution in [0.4, 0.5) is 0 Å².